The van der Waals surface area contributed by atoms with Gasteiger partial charge in [-0.2, -0.15) is 0 Å². The lowest BCUT2D eigenvalue weighted by Crippen LogP contribution is -2.62. The SMILES string of the molecule is CCCCCCCCC/C=C/CCC1=NCC[N+]1(CC)C(C)NC(C)=O. The predicted molar refractivity (Wildman–Crippen MR) is 112 cm³/mol. The Morgan fingerprint density at radius 2 is 1.77 bits per heavy atom. The van der Waals surface area contributed by atoms with E-state index in [-0.39, 0.29) is 12.1 Å². The molecule has 1 aliphatic rings. The zero-order valence-corrected chi connectivity index (χ0v) is 17.7. The zero-order chi connectivity index (χ0) is 19.3. The summed E-state index contributed by atoms with van der Waals surface area (Å²) in [5.74, 6) is 1.30. The maximum absolute atomic E-state index is 11.5. The Balaban J connectivity index is 2.27. The monoisotopic (exact) mass is 364 g/mol. The molecule has 1 N–H and O–H groups in total. The molecule has 0 radical (unpaired) electrons. The average molecular weight is 365 g/mol. The fraction of sp³-hybridized carbons (Fsp3) is 0.818. The van der Waals surface area contributed by atoms with Crippen LogP contribution < -0.4 is 5.32 Å². The highest BCUT2D eigenvalue weighted by atomic mass is 16.1. The molecule has 0 spiro atoms. The summed E-state index contributed by atoms with van der Waals surface area (Å²) in [5.41, 5.74) is 0. The van der Waals surface area contributed by atoms with Gasteiger partial charge in [-0.15, -0.1) is 0 Å². The number of hydrogen-bond acceptors (Lipinski definition) is 2. The molecule has 2 unspecified atom stereocenters. The van der Waals surface area contributed by atoms with Crippen LogP contribution in [0.2, 0.25) is 0 Å². The van der Waals surface area contributed by atoms with E-state index in [2.05, 4.69) is 38.2 Å². The van der Waals surface area contributed by atoms with Crippen LogP contribution in [-0.2, 0) is 4.79 Å². The van der Waals surface area contributed by atoms with E-state index >= 15 is 0 Å². The van der Waals surface area contributed by atoms with Crippen molar-refractivity contribution in [1.82, 2.24) is 5.32 Å². The van der Waals surface area contributed by atoms with Gasteiger partial charge in [-0.05, 0) is 26.2 Å². The summed E-state index contributed by atoms with van der Waals surface area (Å²) < 4.78 is 0.825. The maximum atomic E-state index is 11.5. The van der Waals surface area contributed by atoms with Crippen molar-refractivity contribution in [3.8, 4) is 0 Å². The van der Waals surface area contributed by atoms with E-state index in [1.54, 1.807) is 6.92 Å². The summed E-state index contributed by atoms with van der Waals surface area (Å²) in [4.78, 5) is 16.2. The second-order valence-electron chi connectivity index (χ2n) is 7.67. The molecule has 0 aromatic rings. The second-order valence-corrected chi connectivity index (χ2v) is 7.67. The van der Waals surface area contributed by atoms with Crippen LogP contribution in [0, 0.1) is 0 Å². The molecule has 0 aromatic carbocycles. The Hall–Kier alpha value is -1.16. The van der Waals surface area contributed by atoms with Crippen molar-refractivity contribution in [2.45, 2.75) is 98.1 Å². The summed E-state index contributed by atoms with van der Waals surface area (Å²) in [7, 11) is 0. The first-order chi connectivity index (χ1) is 12.6. The largest absolute Gasteiger partial charge is 0.307 e. The number of allylic oxidation sites excluding steroid dienone is 2. The van der Waals surface area contributed by atoms with Crippen molar-refractivity contribution >= 4 is 11.7 Å². The predicted octanol–water partition coefficient (Wildman–Crippen LogP) is 5.19. The molecule has 0 saturated carbocycles. The Morgan fingerprint density at radius 1 is 1.12 bits per heavy atom. The van der Waals surface area contributed by atoms with E-state index in [1.807, 2.05) is 0 Å². The molecule has 1 heterocycles. The van der Waals surface area contributed by atoms with Gasteiger partial charge in [-0.3, -0.25) is 9.28 Å². The first-order valence-corrected chi connectivity index (χ1v) is 10.9. The second kappa shape index (κ2) is 13.1. The van der Waals surface area contributed by atoms with E-state index < -0.39 is 0 Å². The third-order valence-electron chi connectivity index (χ3n) is 5.70. The molecular formula is C22H42N3O+. The van der Waals surface area contributed by atoms with Gasteiger partial charge in [0.25, 0.3) is 0 Å². The molecule has 26 heavy (non-hydrogen) atoms. The van der Waals surface area contributed by atoms with Gasteiger partial charge in [0.05, 0.1) is 13.1 Å². The number of carbonyl (C=O) groups excluding carboxylic acids is 1. The first kappa shape index (κ1) is 22.9. The number of aliphatic imine (C=N–C) groups is 1. The molecule has 150 valence electrons. The summed E-state index contributed by atoms with van der Waals surface area (Å²) in [6, 6.07) is 0. The standard InChI is InChI=1S/C22H41N3O/c1-5-7-8-9-10-11-12-13-14-15-16-17-22-23-18-19-25(22,6-2)20(3)24-21(4)26/h14-15,20H,5-13,16-19H2,1-4H3/p+1/b15-14+. The molecular weight excluding hydrogens is 322 g/mol. The van der Waals surface area contributed by atoms with Gasteiger partial charge in [0.15, 0.2) is 12.0 Å². The van der Waals surface area contributed by atoms with Crippen molar-refractivity contribution in [3.63, 3.8) is 0 Å². The van der Waals surface area contributed by atoms with Crippen molar-refractivity contribution in [2.75, 3.05) is 19.6 Å². The van der Waals surface area contributed by atoms with Crippen LogP contribution in [0.25, 0.3) is 0 Å². The molecule has 0 bridgehead atoms. The van der Waals surface area contributed by atoms with Crippen LogP contribution in [0.3, 0.4) is 0 Å². The third kappa shape index (κ3) is 7.61. The van der Waals surface area contributed by atoms with Crippen molar-refractivity contribution < 1.29 is 9.28 Å². The number of hydrogen-bond donors (Lipinski definition) is 1. The number of quaternary nitrogens is 1. The molecule has 1 amide bonds. The molecule has 4 nitrogen and oxygen atoms in total. The summed E-state index contributed by atoms with van der Waals surface area (Å²) in [5, 5.41) is 3.08. The summed E-state index contributed by atoms with van der Waals surface area (Å²) in [6.07, 6.45) is 17.6. The fourth-order valence-corrected chi connectivity index (χ4v) is 4.05. The number of rotatable bonds is 14. The molecule has 1 aliphatic heterocycles. The number of carbonyl (C=O) groups is 1. The van der Waals surface area contributed by atoms with Gasteiger partial charge >= 0.3 is 0 Å². The van der Waals surface area contributed by atoms with Gasteiger partial charge in [0.2, 0.25) is 5.91 Å². The number of nitrogens with one attached hydrogen (secondary N) is 1. The molecule has 0 aromatic heterocycles. The summed E-state index contributed by atoms with van der Waals surface area (Å²) >= 11 is 0. The Morgan fingerprint density at radius 3 is 2.42 bits per heavy atom. The Bertz CT molecular complexity index is 458. The van der Waals surface area contributed by atoms with Crippen LogP contribution in [0.1, 0.15) is 91.9 Å². The number of likely N-dealkylation sites (N-methyl/N-ethyl adjacent to an activating group) is 1. The van der Waals surface area contributed by atoms with Crippen LogP contribution in [0.15, 0.2) is 17.1 Å². The molecule has 4 heteroatoms. The van der Waals surface area contributed by atoms with E-state index in [0.29, 0.717) is 0 Å². The van der Waals surface area contributed by atoms with Crippen LogP contribution in [0.5, 0.6) is 0 Å². The topological polar surface area (TPSA) is 41.5 Å². The number of amidine groups is 1. The number of unbranched alkanes of at least 4 members (excludes halogenated alkanes) is 7. The maximum Gasteiger partial charge on any atom is 0.221 e. The van der Waals surface area contributed by atoms with Gasteiger partial charge in [-0.1, -0.05) is 57.6 Å². The molecule has 0 aliphatic carbocycles. The fourth-order valence-electron chi connectivity index (χ4n) is 4.05. The summed E-state index contributed by atoms with van der Waals surface area (Å²) in [6.45, 7) is 11.1. The van der Waals surface area contributed by atoms with E-state index in [0.717, 1.165) is 37.0 Å². The minimum atomic E-state index is 0.0456. The smallest absolute Gasteiger partial charge is 0.221 e. The van der Waals surface area contributed by atoms with Gasteiger partial charge < -0.3 is 5.32 Å². The van der Waals surface area contributed by atoms with E-state index in [4.69, 9.17) is 4.99 Å². The minimum absolute atomic E-state index is 0.0456. The molecule has 0 saturated heterocycles. The van der Waals surface area contributed by atoms with Crippen molar-refractivity contribution in [3.05, 3.63) is 12.2 Å². The highest BCUT2D eigenvalue weighted by molar-refractivity contribution is 5.78. The van der Waals surface area contributed by atoms with E-state index in [9.17, 15) is 4.79 Å². The Labute approximate surface area is 161 Å². The first-order valence-electron chi connectivity index (χ1n) is 10.9. The van der Waals surface area contributed by atoms with Crippen LogP contribution >= 0.6 is 0 Å². The highest BCUT2D eigenvalue weighted by Crippen LogP contribution is 2.22. The number of amides is 1. The highest BCUT2D eigenvalue weighted by Gasteiger charge is 2.41. The average Bonchev–Trinajstić information content (AvgIpc) is 3.03. The lowest BCUT2D eigenvalue weighted by molar-refractivity contribution is -0.861. The van der Waals surface area contributed by atoms with Gasteiger partial charge in [-0.25, -0.2) is 4.99 Å². The van der Waals surface area contributed by atoms with Crippen molar-refractivity contribution in [2.24, 2.45) is 4.99 Å². The van der Waals surface area contributed by atoms with Gasteiger partial charge in [0, 0.05) is 20.3 Å². The third-order valence-corrected chi connectivity index (χ3v) is 5.70. The Kier molecular flexibility index (Phi) is 11.5. The zero-order valence-electron chi connectivity index (χ0n) is 17.7. The van der Waals surface area contributed by atoms with Gasteiger partial charge in [0.1, 0.15) is 6.54 Å². The molecule has 0 fully saturated rings. The minimum Gasteiger partial charge on any atom is -0.307 e. The quantitative estimate of drug-likeness (QED) is 0.257. The van der Waals surface area contributed by atoms with Crippen LogP contribution in [-0.4, -0.2) is 42.0 Å². The lowest BCUT2D eigenvalue weighted by atomic mass is 10.1. The molecule has 2 atom stereocenters. The molecule has 1 rings (SSSR count). The van der Waals surface area contributed by atoms with E-state index in [1.165, 1.54) is 57.2 Å². The normalized spacial score (nSPS) is 21.2. The lowest BCUT2D eigenvalue weighted by Gasteiger charge is -2.39. The van der Waals surface area contributed by atoms with Crippen LogP contribution in [0.4, 0.5) is 0 Å². The van der Waals surface area contributed by atoms with Crippen molar-refractivity contribution in [1.29, 1.82) is 0 Å². The number of nitrogens with zero attached hydrogens (tertiary/aromatic N) is 2.